The van der Waals surface area contributed by atoms with Crippen molar-refractivity contribution >= 4 is 11.8 Å². The number of aryl methyl sites for hydroxylation is 1. The van der Waals surface area contributed by atoms with E-state index in [1.807, 2.05) is 6.92 Å². The molecule has 30 heavy (non-hydrogen) atoms. The van der Waals surface area contributed by atoms with Crippen LogP contribution in [0.3, 0.4) is 0 Å². The summed E-state index contributed by atoms with van der Waals surface area (Å²) in [4.78, 5) is 29.2. The van der Waals surface area contributed by atoms with Gasteiger partial charge in [0, 0.05) is 32.8 Å². The molecule has 0 N–H and O–H groups in total. The number of piperidine rings is 1. The quantitative estimate of drug-likeness (QED) is 0.766. The molecule has 1 aromatic carbocycles. The number of hydrogen-bond donors (Lipinski definition) is 0. The number of alkyl halides is 3. The van der Waals surface area contributed by atoms with E-state index in [-0.39, 0.29) is 24.4 Å². The molecule has 0 saturated carbocycles. The van der Waals surface area contributed by atoms with Gasteiger partial charge in [0.2, 0.25) is 5.91 Å². The standard InChI is InChI=1S/C21H23F3N4O2/c1-20-10-12-27(19(30)16-9-11-26(2)25-16)17(20)7-8-18(29)28(20)13-14-3-5-15(6-4-14)21(22,23)24/h3-6,9,11,17H,7-8,10,12-13H2,1-2H3/t17-,20-/m0/s1. The van der Waals surface area contributed by atoms with Crippen LogP contribution in [0.25, 0.3) is 0 Å². The summed E-state index contributed by atoms with van der Waals surface area (Å²) in [5.74, 6) is -0.200. The Labute approximate surface area is 172 Å². The third-order valence-corrected chi connectivity index (χ3v) is 6.32. The number of carbonyl (C=O) groups excluding carboxylic acids is 2. The van der Waals surface area contributed by atoms with Crippen molar-refractivity contribution in [2.75, 3.05) is 6.54 Å². The number of amides is 2. The van der Waals surface area contributed by atoms with E-state index in [1.54, 1.807) is 33.8 Å². The summed E-state index contributed by atoms with van der Waals surface area (Å²) in [6.07, 6.45) is -1.20. The molecule has 0 radical (unpaired) electrons. The van der Waals surface area contributed by atoms with Crippen LogP contribution in [0.1, 0.15) is 47.8 Å². The van der Waals surface area contributed by atoms with Gasteiger partial charge in [0.25, 0.3) is 5.91 Å². The maximum atomic E-state index is 13.0. The minimum atomic E-state index is -4.39. The normalized spacial score (nSPS) is 24.3. The van der Waals surface area contributed by atoms with Gasteiger partial charge >= 0.3 is 6.18 Å². The molecule has 2 aromatic rings. The van der Waals surface area contributed by atoms with E-state index < -0.39 is 17.3 Å². The first-order chi connectivity index (χ1) is 14.1. The van der Waals surface area contributed by atoms with Crippen molar-refractivity contribution in [1.82, 2.24) is 19.6 Å². The van der Waals surface area contributed by atoms with Gasteiger partial charge in [0.1, 0.15) is 5.69 Å². The van der Waals surface area contributed by atoms with Crippen LogP contribution in [0.2, 0.25) is 0 Å². The van der Waals surface area contributed by atoms with Crippen molar-refractivity contribution in [3.8, 4) is 0 Å². The zero-order chi connectivity index (χ0) is 21.7. The highest BCUT2D eigenvalue weighted by molar-refractivity contribution is 5.93. The molecule has 0 bridgehead atoms. The Morgan fingerprint density at radius 2 is 1.93 bits per heavy atom. The van der Waals surface area contributed by atoms with Gasteiger partial charge < -0.3 is 9.80 Å². The topological polar surface area (TPSA) is 58.4 Å². The van der Waals surface area contributed by atoms with E-state index in [0.717, 1.165) is 12.1 Å². The van der Waals surface area contributed by atoms with Crippen molar-refractivity contribution in [2.45, 2.75) is 50.5 Å². The number of hydrogen-bond acceptors (Lipinski definition) is 3. The highest BCUT2D eigenvalue weighted by atomic mass is 19.4. The van der Waals surface area contributed by atoms with Gasteiger partial charge in [-0.05, 0) is 43.5 Å². The van der Waals surface area contributed by atoms with Gasteiger partial charge in [-0.15, -0.1) is 0 Å². The predicted molar refractivity (Wildman–Crippen MR) is 102 cm³/mol. The Morgan fingerprint density at radius 1 is 1.23 bits per heavy atom. The Hall–Kier alpha value is -2.84. The molecular weight excluding hydrogens is 397 g/mol. The first kappa shape index (κ1) is 20.4. The van der Waals surface area contributed by atoms with Gasteiger partial charge in [-0.2, -0.15) is 18.3 Å². The van der Waals surface area contributed by atoms with Gasteiger partial charge in [0.05, 0.1) is 17.1 Å². The van der Waals surface area contributed by atoms with Crippen LogP contribution in [0, 0.1) is 0 Å². The lowest BCUT2D eigenvalue weighted by molar-refractivity contribution is -0.144. The van der Waals surface area contributed by atoms with E-state index >= 15 is 0 Å². The molecule has 2 aliphatic heterocycles. The smallest absolute Gasteiger partial charge is 0.332 e. The first-order valence-corrected chi connectivity index (χ1v) is 9.87. The molecule has 9 heteroatoms. The summed E-state index contributed by atoms with van der Waals surface area (Å²) in [5, 5.41) is 4.20. The Bertz CT molecular complexity index is 969. The zero-order valence-electron chi connectivity index (χ0n) is 16.8. The fourth-order valence-electron chi connectivity index (χ4n) is 4.64. The number of halogens is 3. The van der Waals surface area contributed by atoms with Crippen molar-refractivity contribution in [1.29, 1.82) is 0 Å². The van der Waals surface area contributed by atoms with Crippen LogP contribution in [-0.4, -0.2) is 49.5 Å². The van der Waals surface area contributed by atoms with E-state index in [9.17, 15) is 22.8 Å². The summed E-state index contributed by atoms with van der Waals surface area (Å²) in [7, 11) is 1.75. The summed E-state index contributed by atoms with van der Waals surface area (Å²) < 4.78 is 40.1. The largest absolute Gasteiger partial charge is 0.416 e. The van der Waals surface area contributed by atoms with E-state index in [1.165, 1.54) is 12.1 Å². The minimum absolute atomic E-state index is 0.0409. The summed E-state index contributed by atoms with van der Waals surface area (Å²) >= 11 is 0. The molecule has 2 aliphatic rings. The van der Waals surface area contributed by atoms with Crippen molar-refractivity contribution in [2.24, 2.45) is 7.05 Å². The maximum absolute atomic E-state index is 13.0. The van der Waals surface area contributed by atoms with Gasteiger partial charge in [-0.1, -0.05) is 12.1 Å². The third-order valence-electron chi connectivity index (χ3n) is 6.32. The fraction of sp³-hybridized carbons (Fsp3) is 0.476. The molecule has 3 heterocycles. The molecule has 0 aliphatic carbocycles. The summed E-state index contributed by atoms with van der Waals surface area (Å²) in [6, 6.07) is 6.42. The minimum Gasteiger partial charge on any atom is -0.332 e. The molecule has 2 atom stereocenters. The number of nitrogens with zero attached hydrogens (tertiary/aromatic N) is 4. The lowest BCUT2D eigenvalue weighted by Crippen LogP contribution is -2.60. The van der Waals surface area contributed by atoms with Crippen LogP contribution in [-0.2, 0) is 24.6 Å². The van der Waals surface area contributed by atoms with Gasteiger partial charge in [-0.25, -0.2) is 0 Å². The first-order valence-electron chi connectivity index (χ1n) is 9.87. The molecule has 160 valence electrons. The second kappa shape index (κ2) is 7.14. The van der Waals surface area contributed by atoms with Crippen LogP contribution < -0.4 is 0 Å². The predicted octanol–water partition coefficient (Wildman–Crippen LogP) is 3.23. The average molecular weight is 420 g/mol. The lowest BCUT2D eigenvalue weighted by Gasteiger charge is -2.47. The molecule has 6 nitrogen and oxygen atoms in total. The van der Waals surface area contributed by atoms with Crippen molar-refractivity contribution in [3.05, 3.63) is 53.3 Å². The van der Waals surface area contributed by atoms with Crippen LogP contribution in [0.4, 0.5) is 13.2 Å². The van der Waals surface area contributed by atoms with Crippen molar-refractivity contribution in [3.63, 3.8) is 0 Å². The summed E-state index contributed by atoms with van der Waals surface area (Å²) in [6.45, 7) is 2.69. The Kier molecular flexibility index (Phi) is 4.86. The van der Waals surface area contributed by atoms with E-state index in [4.69, 9.17) is 0 Å². The van der Waals surface area contributed by atoms with Crippen LogP contribution in [0.15, 0.2) is 36.5 Å². The molecule has 0 spiro atoms. The van der Waals surface area contributed by atoms with E-state index in [0.29, 0.717) is 37.1 Å². The zero-order valence-corrected chi connectivity index (χ0v) is 16.8. The Balaban J connectivity index is 1.56. The third kappa shape index (κ3) is 3.46. The highest BCUT2D eigenvalue weighted by Crippen LogP contribution is 2.42. The molecule has 1 aromatic heterocycles. The van der Waals surface area contributed by atoms with E-state index in [2.05, 4.69) is 5.10 Å². The molecule has 4 rings (SSSR count). The number of fused-ring (bicyclic) bond motifs is 1. The second-order valence-electron chi connectivity index (χ2n) is 8.21. The van der Waals surface area contributed by atoms with Crippen LogP contribution in [0.5, 0.6) is 0 Å². The fourth-order valence-corrected chi connectivity index (χ4v) is 4.64. The summed E-state index contributed by atoms with van der Waals surface area (Å²) in [5.41, 5.74) is -0.281. The van der Waals surface area contributed by atoms with Crippen molar-refractivity contribution < 1.29 is 22.8 Å². The number of rotatable bonds is 3. The van der Waals surface area contributed by atoms with Gasteiger partial charge in [0.15, 0.2) is 0 Å². The number of carbonyl (C=O) groups is 2. The monoisotopic (exact) mass is 420 g/mol. The molecule has 2 fully saturated rings. The number of aromatic nitrogens is 2. The van der Waals surface area contributed by atoms with Gasteiger partial charge in [-0.3, -0.25) is 14.3 Å². The molecule has 2 saturated heterocycles. The second-order valence-corrected chi connectivity index (χ2v) is 8.21. The maximum Gasteiger partial charge on any atom is 0.416 e. The number of likely N-dealkylation sites (tertiary alicyclic amines) is 2. The molecular formula is C21H23F3N4O2. The SMILES string of the molecule is Cn1ccc(C(=O)N2CC[C@@]3(C)[C@@H]2CCC(=O)N3Cc2ccc(C(F)(F)F)cc2)n1. The number of benzene rings is 1. The highest BCUT2D eigenvalue weighted by Gasteiger charge is 2.53. The Morgan fingerprint density at radius 3 is 2.53 bits per heavy atom. The molecule has 0 unspecified atom stereocenters. The lowest BCUT2D eigenvalue weighted by atomic mass is 9.83. The average Bonchev–Trinajstić information content (AvgIpc) is 3.27. The van der Waals surface area contributed by atoms with Crippen LogP contribution >= 0.6 is 0 Å². The molecule has 2 amide bonds.